The number of hydrogen-bond acceptors (Lipinski definition) is 5. The van der Waals surface area contributed by atoms with Crippen molar-refractivity contribution in [3.63, 3.8) is 0 Å². The van der Waals surface area contributed by atoms with E-state index in [1.54, 1.807) is 6.20 Å². The van der Waals surface area contributed by atoms with Crippen LogP contribution in [-0.2, 0) is 0 Å². The lowest BCUT2D eigenvalue weighted by atomic mass is 10.3. The number of thioether (sulfide) groups is 1. The number of anilines is 2. The predicted octanol–water partition coefficient (Wildman–Crippen LogP) is 2.10. The van der Waals surface area contributed by atoms with Gasteiger partial charge in [-0.05, 0) is 18.7 Å². The van der Waals surface area contributed by atoms with Crippen molar-refractivity contribution < 1.29 is 0 Å². The first-order valence-corrected chi connectivity index (χ1v) is 6.69. The van der Waals surface area contributed by atoms with Crippen LogP contribution in [0.25, 0.3) is 0 Å². The van der Waals surface area contributed by atoms with Crippen molar-refractivity contribution in [1.29, 1.82) is 0 Å². The lowest BCUT2D eigenvalue weighted by Gasteiger charge is -2.12. The molecule has 4 nitrogen and oxygen atoms in total. The van der Waals surface area contributed by atoms with E-state index in [9.17, 15) is 0 Å². The van der Waals surface area contributed by atoms with Crippen LogP contribution in [0.5, 0.6) is 0 Å². The summed E-state index contributed by atoms with van der Waals surface area (Å²) < 4.78 is 0. The van der Waals surface area contributed by atoms with Gasteiger partial charge in [0.2, 0.25) is 5.95 Å². The van der Waals surface area contributed by atoms with Gasteiger partial charge in [0.25, 0.3) is 0 Å². The minimum absolute atomic E-state index is 0.683. The van der Waals surface area contributed by atoms with E-state index in [2.05, 4.69) is 28.5 Å². The van der Waals surface area contributed by atoms with Crippen LogP contribution < -0.4 is 10.2 Å². The maximum absolute atomic E-state index is 4.39. The van der Waals surface area contributed by atoms with Crippen LogP contribution in [0.1, 0.15) is 13.3 Å². The van der Waals surface area contributed by atoms with E-state index >= 15 is 0 Å². The quantitative estimate of drug-likeness (QED) is 0.824. The summed E-state index contributed by atoms with van der Waals surface area (Å²) in [6.07, 6.45) is 5.06. The maximum atomic E-state index is 4.39. The first kappa shape index (κ1) is 13.1. The molecule has 1 atom stereocenters. The second kappa shape index (κ2) is 6.58. The summed E-state index contributed by atoms with van der Waals surface area (Å²) in [5.74, 6) is 1.63. The molecular weight excluding hydrogens is 220 g/mol. The second-order valence-electron chi connectivity index (χ2n) is 3.90. The van der Waals surface area contributed by atoms with Crippen LogP contribution in [0.3, 0.4) is 0 Å². The normalized spacial score (nSPS) is 12.2. The van der Waals surface area contributed by atoms with Crippen molar-refractivity contribution in [3.05, 3.63) is 12.3 Å². The molecule has 1 aromatic heterocycles. The van der Waals surface area contributed by atoms with Crippen molar-refractivity contribution >= 4 is 23.5 Å². The molecule has 0 radical (unpaired) electrons. The first-order valence-electron chi connectivity index (χ1n) is 5.40. The molecule has 0 aliphatic carbocycles. The molecule has 0 saturated heterocycles. The Bertz CT molecular complexity index is 317. The van der Waals surface area contributed by atoms with E-state index in [4.69, 9.17) is 0 Å². The average Bonchev–Trinajstić information content (AvgIpc) is 2.29. The van der Waals surface area contributed by atoms with E-state index in [0.29, 0.717) is 5.25 Å². The number of nitrogens with one attached hydrogen (secondary N) is 1. The minimum Gasteiger partial charge on any atom is -0.370 e. The fourth-order valence-corrected chi connectivity index (χ4v) is 1.54. The Morgan fingerprint density at radius 3 is 2.88 bits per heavy atom. The molecule has 0 aromatic carbocycles. The zero-order valence-electron chi connectivity index (χ0n) is 10.4. The predicted molar refractivity (Wildman–Crippen MR) is 72.4 cm³/mol. The Balaban J connectivity index is 2.45. The van der Waals surface area contributed by atoms with Gasteiger partial charge >= 0.3 is 0 Å². The number of aromatic nitrogens is 2. The van der Waals surface area contributed by atoms with Crippen LogP contribution in [0.4, 0.5) is 11.8 Å². The summed E-state index contributed by atoms with van der Waals surface area (Å²) in [6, 6.07) is 1.90. The van der Waals surface area contributed by atoms with Crippen molar-refractivity contribution in [3.8, 4) is 0 Å². The standard InChI is InChI=1S/C11H20N4S/c1-9(16-4)5-7-12-10-6-8-13-11(14-10)15(2)3/h6,8-9H,5,7H2,1-4H3,(H,12,13,14). The summed E-state index contributed by atoms with van der Waals surface area (Å²) in [5.41, 5.74) is 0. The molecule has 5 heteroatoms. The SMILES string of the molecule is CSC(C)CCNc1ccnc(N(C)C)n1. The molecule has 0 fully saturated rings. The second-order valence-corrected chi connectivity index (χ2v) is 5.17. The number of hydrogen-bond donors (Lipinski definition) is 1. The average molecular weight is 240 g/mol. The highest BCUT2D eigenvalue weighted by Gasteiger charge is 2.02. The smallest absolute Gasteiger partial charge is 0.226 e. The summed E-state index contributed by atoms with van der Waals surface area (Å²) in [7, 11) is 3.88. The largest absolute Gasteiger partial charge is 0.370 e. The van der Waals surface area contributed by atoms with Gasteiger partial charge in [0.15, 0.2) is 0 Å². The highest BCUT2D eigenvalue weighted by Crippen LogP contribution is 2.11. The molecule has 0 bridgehead atoms. The molecule has 1 N–H and O–H groups in total. The summed E-state index contributed by atoms with van der Waals surface area (Å²) in [6.45, 7) is 3.18. The van der Waals surface area contributed by atoms with Gasteiger partial charge in [-0.15, -0.1) is 0 Å². The Kier molecular flexibility index (Phi) is 5.38. The minimum atomic E-state index is 0.683. The maximum Gasteiger partial charge on any atom is 0.226 e. The Labute approximate surface area is 102 Å². The van der Waals surface area contributed by atoms with Crippen LogP contribution in [0, 0.1) is 0 Å². The number of rotatable bonds is 6. The van der Waals surface area contributed by atoms with Crippen molar-refractivity contribution in [1.82, 2.24) is 9.97 Å². The van der Waals surface area contributed by atoms with E-state index in [-0.39, 0.29) is 0 Å². The van der Waals surface area contributed by atoms with E-state index in [1.165, 1.54) is 0 Å². The Morgan fingerprint density at radius 1 is 1.50 bits per heavy atom. The molecular formula is C11H20N4S. The monoisotopic (exact) mass is 240 g/mol. The third-order valence-corrected chi connectivity index (χ3v) is 3.34. The zero-order chi connectivity index (χ0) is 12.0. The Morgan fingerprint density at radius 2 is 2.25 bits per heavy atom. The molecule has 1 aromatic rings. The van der Waals surface area contributed by atoms with E-state index in [0.717, 1.165) is 24.7 Å². The highest BCUT2D eigenvalue weighted by molar-refractivity contribution is 7.99. The van der Waals surface area contributed by atoms with Gasteiger partial charge in [0.05, 0.1) is 0 Å². The molecule has 1 rings (SSSR count). The molecule has 0 aliphatic heterocycles. The van der Waals surface area contributed by atoms with Crippen molar-refractivity contribution in [2.45, 2.75) is 18.6 Å². The van der Waals surface area contributed by atoms with Gasteiger partial charge in [-0.25, -0.2) is 4.98 Å². The fourth-order valence-electron chi connectivity index (χ4n) is 1.18. The molecule has 0 amide bonds. The summed E-state index contributed by atoms with van der Waals surface area (Å²) in [5, 5.41) is 4.00. The molecule has 1 heterocycles. The molecule has 0 spiro atoms. The van der Waals surface area contributed by atoms with E-state index in [1.807, 2.05) is 36.8 Å². The fraction of sp³-hybridized carbons (Fsp3) is 0.636. The molecule has 0 saturated carbocycles. The molecule has 16 heavy (non-hydrogen) atoms. The molecule has 1 unspecified atom stereocenters. The van der Waals surface area contributed by atoms with Crippen LogP contribution in [0.15, 0.2) is 12.3 Å². The third kappa shape index (κ3) is 4.26. The topological polar surface area (TPSA) is 41.1 Å². The lowest BCUT2D eigenvalue weighted by molar-refractivity contribution is 0.848. The molecule has 90 valence electrons. The van der Waals surface area contributed by atoms with Crippen LogP contribution >= 0.6 is 11.8 Å². The first-order chi connectivity index (χ1) is 7.63. The van der Waals surface area contributed by atoms with Gasteiger partial charge in [-0.1, -0.05) is 6.92 Å². The third-order valence-electron chi connectivity index (χ3n) is 2.30. The highest BCUT2D eigenvalue weighted by atomic mass is 32.2. The van der Waals surface area contributed by atoms with Gasteiger partial charge < -0.3 is 10.2 Å². The van der Waals surface area contributed by atoms with Crippen LogP contribution in [-0.4, -0.2) is 42.1 Å². The van der Waals surface area contributed by atoms with Gasteiger partial charge in [-0.3, -0.25) is 0 Å². The van der Waals surface area contributed by atoms with Crippen molar-refractivity contribution in [2.24, 2.45) is 0 Å². The van der Waals surface area contributed by atoms with Gasteiger partial charge in [-0.2, -0.15) is 16.7 Å². The lowest BCUT2D eigenvalue weighted by Crippen LogP contribution is -2.14. The Hall–Kier alpha value is -0.970. The molecule has 0 aliphatic rings. The van der Waals surface area contributed by atoms with Gasteiger partial charge in [0.1, 0.15) is 5.82 Å². The van der Waals surface area contributed by atoms with Crippen molar-refractivity contribution in [2.75, 3.05) is 37.1 Å². The zero-order valence-corrected chi connectivity index (χ0v) is 11.2. The summed E-state index contributed by atoms with van der Waals surface area (Å²) >= 11 is 1.89. The number of nitrogens with zero attached hydrogens (tertiary/aromatic N) is 3. The summed E-state index contributed by atoms with van der Waals surface area (Å²) in [4.78, 5) is 10.5. The van der Waals surface area contributed by atoms with Gasteiger partial charge in [0, 0.05) is 32.1 Å². The van der Waals surface area contributed by atoms with E-state index < -0.39 is 0 Å². The van der Waals surface area contributed by atoms with Crippen LogP contribution in [0.2, 0.25) is 0 Å².